The molecule has 3 rings (SSSR count). The van der Waals surface area contributed by atoms with Gasteiger partial charge in [-0.25, -0.2) is 4.98 Å². The Morgan fingerprint density at radius 2 is 2.06 bits per heavy atom. The third-order valence-corrected chi connectivity index (χ3v) is 3.40. The standard InChI is InChI=1S/C13H18N4/c1-2-12(15-5-1)11-3-4-13(16-10-11)17-8-6-14-7-9-17/h3-4,10,14H,1-2,5-9H2. The number of nitrogens with one attached hydrogen (secondary N) is 1. The van der Waals surface area contributed by atoms with Crippen LogP contribution in [-0.4, -0.2) is 43.4 Å². The van der Waals surface area contributed by atoms with Crippen molar-refractivity contribution in [1.29, 1.82) is 0 Å². The molecule has 90 valence electrons. The summed E-state index contributed by atoms with van der Waals surface area (Å²) in [5, 5.41) is 3.35. The zero-order valence-corrected chi connectivity index (χ0v) is 10.0. The topological polar surface area (TPSA) is 40.5 Å². The molecule has 1 aromatic rings. The number of piperazine rings is 1. The van der Waals surface area contributed by atoms with E-state index in [2.05, 4.69) is 32.3 Å². The maximum absolute atomic E-state index is 4.56. The lowest BCUT2D eigenvalue weighted by Crippen LogP contribution is -2.43. The summed E-state index contributed by atoms with van der Waals surface area (Å²) >= 11 is 0. The van der Waals surface area contributed by atoms with Crippen LogP contribution in [-0.2, 0) is 0 Å². The molecule has 3 heterocycles. The average Bonchev–Trinajstić information content (AvgIpc) is 2.94. The van der Waals surface area contributed by atoms with Gasteiger partial charge in [0.25, 0.3) is 0 Å². The second-order valence-corrected chi connectivity index (χ2v) is 4.57. The van der Waals surface area contributed by atoms with Crippen molar-refractivity contribution in [3.8, 4) is 0 Å². The summed E-state index contributed by atoms with van der Waals surface area (Å²) in [6.45, 7) is 5.18. The molecule has 1 fully saturated rings. The van der Waals surface area contributed by atoms with Gasteiger partial charge in [-0.1, -0.05) is 0 Å². The molecular weight excluding hydrogens is 212 g/mol. The summed E-state index contributed by atoms with van der Waals surface area (Å²) in [5.74, 6) is 1.09. The van der Waals surface area contributed by atoms with E-state index in [4.69, 9.17) is 0 Å². The van der Waals surface area contributed by atoms with Crippen molar-refractivity contribution in [1.82, 2.24) is 10.3 Å². The molecule has 0 aliphatic carbocycles. The Morgan fingerprint density at radius 1 is 1.18 bits per heavy atom. The number of anilines is 1. The van der Waals surface area contributed by atoms with E-state index in [1.54, 1.807) is 0 Å². The molecule has 2 aliphatic heterocycles. The van der Waals surface area contributed by atoms with E-state index in [0.29, 0.717) is 0 Å². The second kappa shape index (κ2) is 4.84. The van der Waals surface area contributed by atoms with Gasteiger partial charge in [0, 0.05) is 50.2 Å². The van der Waals surface area contributed by atoms with Gasteiger partial charge in [0.05, 0.1) is 0 Å². The lowest BCUT2D eigenvalue weighted by Gasteiger charge is -2.28. The lowest BCUT2D eigenvalue weighted by atomic mass is 10.1. The predicted molar refractivity (Wildman–Crippen MR) is 70.0 cm³/mol. The third-order valence-electron chi connectivity index (χ3n) is 3.40. The van der Waals surface area contributed by atoms with E-state index in [1.165, 1.54) is 17.7 Å². The lowest BCUT2D eigenvalue weighted by molar-refractivity contribution is 0.585. The summed E-state index contributed by atoms with van der Waals surface area (Å²) in [7, 11) is 0. The molecule has 1 saturated heterocycles. The quantitative estimate of drug-likeness (QED) is 0.826. The van der Waals surface area contributed by atoms with Crippen LogP contribution in [0.4, 0.5) is 5.82 Å². The molecule has 1 aromatic heterocycles. The minimum atomic E-state index is 0.981. The summed E-state index contributed by atoms with van der Waals surface area (Å²) in [6, 6.07) is 4.29. The largest absolute Gasteiger partial charge is 0.354 e. The van der Waals surface area contributed by atoms with Crippen LogP contribution < -0.4 is 10.2 Å². The molecular formula is C13H18N4. The predicted octanol–water partition coefficient (Wildman–Crippen LogP) is 1.07. The number of hydrogen-bond acceptors (Lipinski definition) is 4. The number of aromatic nitrogens is 1. The van der Waals surface area contributed by atoms with Crippen LogP contribution in [0.2, 0.25) is 0 Å². The fraction of sp³-hybridized carbons (Fsp3) is 0.538. The smallest absolute Gasteiger partial charge is 0.128 e. The molecule has 0 amide bonds. The molecule has 0 unspecified atom stereocenters. The Balaban J connectivity index is 1.75. The van der Waals surface area contributed by atoms with Gasteiger partial charge in [0.1, 0.15) is 5.82 Å². The van der Waals surface area contributed by atoms with E-state index in [9.17, 15) is 0 Å². The minimum absolute atomic E-state index is 0.981. The maximum Gasteiger partial charge on any atom is 0.128 e. The van der Waals surface area contributed by atoms with Crippen LogP contribution in [0.5, 0.6) is 0 Å². The molecule has 0 bridgehead atoms. The van der Waals surface area contributed by atoms with Gasteiger partial charge in [0.2, 0.25) is 0 Å². The van der Waals surface area contributed by atoms with Crippen LogP contribution >= 0.6 is 0 Å². The first kappa shape index (κ1) is 10.7. The molecule has 0 radical (unpaired) electrons. The Kier molecular flexibility index (Phi) is 3.05. The normalized spacial score (nSPS) is 20.5. The molecule has 0 spiro atoms. The van der Waals surface area contributed by atoms with Crippen LogP contribution in [0.1, 0.15) is 18.4 Å². The van der Waals surface area contributed by atoms with E-state index in [-0.39, 0.29) is 0 Å². The van der Waals surface area contributed by atoms with Crippen molar-refractivity contribution in [3.63, 3.8) is 0 Å². The van der Waals surface area contributed by atoms with E-state index in [0.717, 1.165) is 45.0 Å². The first-order valence-corrected chi connectivity index (χ1v) is 6.39. The highest BCUT2D eigenvalue weighted by Gasteiger charge is 2.13. The van der Waals surface area contributed by atoms with Gasteiger partial charge in [-0.2, -0.15) is 0 Å². The number of nitrogens with zero attached hydrogens (tertiary/aromatic N) is 3. The highest BCUT2D eigenvalue weighted by molar-refractivity contribution is 6.01. The molecule has 1 N–H and O–H groups in total. The molecule has 4 heteroatoms. The van der Waals surface area contributed by atoms with Crippen molar-refractivity contribution in [2.24, 2.45) is 4.99 Å². The van der Waals surface area contributed by atoms with Crippen molar-refractivity contribution in [3.05, 3.63) is 23.9 Å². The fourth-order valence-corrected chi connectivity index (χ4v) is 2.41. The highest BCUT2D eigenvalue weighted by atomic mass is 15.2. The van der Waals surface area contributed by atoms with Crippen molar-refractivity contribution in [2.45, 2.75) is 12.8 Å². The summed E-state index contributed by atoms with van der Waals surface area (Å²) in [5.41, 5.74) is 2.42. The third kappa shape index (κ3) is 2.31. The minimum Gasteiger partial charge on any atom is -0.354 e. The van der Waals surface area contributed by atoms with Crippen molar-refractivity contribution >= 4 is 11.5 Å². The number of aliphatic imine (C=N–C) groups is 1. The molecule has 0 saturated carbocycles. The summed E-state index contributed by atoms with van der Waals surface area (Å²) in [4.78, 5) is 11.4. The second-order valence-electron chi connectivity index (χ2n) is 4.57. The maximum atomic E-state index is 4.56. The molecule has 2 aliphatic rings. The van der Waals surface area contributed by atoms with Crippen LogP contribution in [0.3, 0.4) is 0 Å². The summed E-state index contributed by atoms with van der Waals surface area (Å²) < 4.78 is 0. The zero-order chi connectivity index (χ0) is 11.5. The van der Waals surface area contributed by atoms with E-state index >= 15 is 0 Å². The number of hydrogen-bond donors (Lipinski definition) is 1. The van der Waals surface area contributed by atoms with Gasteiger partial charge in [-0.15, -0.1) is 0 Å². The van der Waals surface area contributed by atoms with Gasteiger partial charge in [-0.3, -0.25) is 4.99 Å². The first-order chi connectivity index (χ1) is 8.43. The first-order valence-electron chi connectivity index (χ1n) is 6.39. The van der Waals surface area contributed by atoms with Crippen molar-refractivity contribution < 1.29 is 0 Å². The van der Waals surface area contributed by atoms with E-state index in [1.807, 2.05) is 6.20 Å². The molecule has 0 atom stereocenters. The number of pyridine rings is 1. The highest BCUT2D eigenvalue weighted by Crippen LogP contribution is 2.16. The fourth-order valence-electron chi connectivity index (χ4n) is 2.41. The average molecular weight is 230 g/mol. The Labute approximate surface area is 102 Å². The van der Waals surface area contributed by atoms with Crippen molar-refractivity contribution in [2.75, 3.05) is 37.6 Å². The Hall–Kier alpha value is -1.42. The zero-order valence-electron chi connectivity index (χ0n) is 10.0. The molecule has 4 nitrogen and oxygen atoms in total. The van der Waals surface area contributed by atoms with E-state index < -0.39 is 0 Å². The van der Waals surface area contributed by atoms with Crippen LogP contribution in [0.25, 0.3) is 0 Å². The number of rotatable bonds is 2. The van der Waals surface area contributed by atoms with Gasteiger partial charge in [0.15, 0.2) is 0 Å². The Bertz CT molecular complexity index is 404. The van der Waals surface area contributed by atoms with Gasteiger partial charge >= 0.3 is 0 Å². The van der Waals surface area contributed by atoms with Crippen LogP contribution in [0, 0.1) is 0 Å². The van der Waals surface area contributed by atoms with Gasteiger partial charge < -0.3 is 10.2 Å². The molecule has 0 aromatic carbocycles. The summed E-state index contributed by atoms with van der Waals surface area (Å²) in [6.07, 6.45) is 4.27. The van der Waals surface area contributed by atoms with Gasteiger partial charge in [-0.05, 0) is 25.0 Å². The monoisotopic (exact) mass is 230 g/mol. The Morgan fingerprint density at radius 3 is 2.71 bits per heavy atom. The molecule has 17 heavy (non-hydrogen) atoms. The van der Waals surface area contributed by atoms with Crippen LogP contribution in [0.15, 0.2) is 23.3 Å². The SMILES string of the molecule is c1cc(N2CCNCC2)ncc1C1=NCCC1.